The van der Waals surface area contributed by atoms with Crippen molar-refractivity contribution in [1.82, 2.24) is 4.98 Å². The highest BCUT2D eigenvalue weighted by atomic mass is 35.7. The second kappa shape index (κ2) is 4.45. The summed E-state index contributed by atoms with van der Waals surface area (Å²) >= 11 is 0. The molecule has 0 N–H and O–H groups in total. The zero-order chi connectivity index (χ0) is 13.4. The van der Waals surface area contributed by atoms with Crippen molar-refractivity contribution in [2.24, 2.45) is 0 Å². The number of nitro groups is 1. The Morgan fingerprint density at radius 3 is 2.35 bits per heavy atom. The number of hydrogen-bond donors (Lipinski definition) is 0. The molecule has 0 radical (unpaired) electrons. The largest absolute Gasteiger partial charge is 0.325 e. The first kappa shape index (κ1) is 13.6. The van der Waals surface area contributed by atoms with E-state index in [2.05, 4.69) is 4.98 Å². The molecule has 0 aliphatic carbocycles. The summed E-state index contributed by atoms with van der Waals surface area (Å²) in [5.74, 6) is -1.81. The van der Waals surface area contributed by atoms with E-state index in [1.165, 1.54) is 0 Å². The summed E-state index contributed by atoms with van der Waals surface area (Å²) in [6, 6.07) is 0.103. The lowest BCUT2D eigenvalue weighted by molar-refractivity contribution is -0.388. The van der Waals surface area contributed by atoms with Crippen LogP contribution in [0.3, 0.4) is 0 Å². The van der Waals surface area contributed by atoms with Crippen LogP contribution < -0.4 is 0 Å². The van der Waals surface area contributed by atoms with E-state index >= 15 is 0 Å². The van der Waals surface area contributed by atoms with E-state index in [4.69, 9.17) is 10.7 Å². The minimum Gasteiger partial charge on any atom is -0.258 e. The number of halogens is 4. The third kappa shape index (κ3) is 2.82. The Morgan fingerprint density at radius 2 is 2.00 bits per heavy atom. The Hall–Kier alpha value is -1.42. The summed E-state index contributed by atoms with van der Waals surface area (Å²) in [7, 11) is 0.0980. The van der Waals surface area contributed by atoms with Crippen molar-refractivity contribution in [3.8, 4) is 0 Å². The van der Waals surface area contributed by atoms with Crippen LogP contribution in [0.5, 0.6) is 0 Å². The van der Waals surface area contributed by atoms with E-state index in [1.807, 2.05) is 0 Å². The summed E-state index contributed by atoms with van der Waals surface area (Å²) in [5, 5.41) is 10.3. The zero-order valence-electron chi connectivity index (χ0n) is 7.60. The maximum Gasteiger partial charge on any atom is 0.325 e. The smallest absolute Gasteiger partial charge is 0.258 e. The lowest BCUT2D eigenvalue weighted by atomic mass is 10.3. The van der Waals surface area contributed by atoms with E-state index in [0.29, 0.717) is 0 Å². The summed E-state index contributed by atoms with van der Waals surface area (Å²) in [5.41, 5.74) is -2.82. The van der Waals surface area contributed by atoms with Gasteiger partial charge in [0, 0.05) is 16.7 Å². The summed E-state index contributed by atoms with van der Waals surface area (Å²) < 4.78 is 59.4. The van der Waals surface area contributed by atoms with Crippen LogP contribution in [-0.2, 0) is 9.05 Å². The number of rotatable bonds is 3. The Bertz CT molecular complexity index is 577. The predicted octanol–water partition coefficient (Wildman–Crippen LogP) is 1.99. The van der Waals surface area contributed by atoms with Crippen LogP contribution in [0.2, 0.25) is 0 Å². The molecule has 1 rings (SSSR count). The molecule has 0 aliphatic rings. The van der Waals surface area contributed by atoms with Gasteiger partial charge in [-0.1, -0.05) is 0 Å². The molecule has 94 valence electrons. The van der Waals surface area contributed by atoms with Crippen molar-refractivity contribution >= 4 is 25.4 Å². The second-order valence-corrected chi connectivity index (χ2v) is 5.21. The van der Waals surface area contributed by atoms with E-state index < -0.39 is 42.6 Å². The van der Waals surface area contributed by atoms with Crippen LogP contribution in [0.4, 0.5) is 18.9 Å². The van der Waals surface area contributed by atoms with E-state index in [0.717, 1.165) is 0 Å². The fourth-order valence-corrected chi connectivity index (χ4v) is 1.96. The van der Waals surface area contributed by atoms with Crippen molar-refractivity contribution in [3.63, 3.8) is 0 Å². The first-order valence-corrected chi connectivity index (χ1v) is 6.03. The predicted molar refractivity (Wildman–Crippen MR) is 48.8 cm³/mol. The van der Waals surface area contributed by atoms with E-state index in [1.54, 1.807) is 0 Å². The van der Waals surface area contributed by atoms with Gasteiger partial charge < -0.3 is 0 Å². The Kier molecular flexibility index (Phi) is 3.57. The molecule has 6 nitrogen and oxygen atoms in total. The molecule has 0 saturated heterocycles. The zero-order valence-corrected chi connectivity index (χ0v) is 9.17. The van der Waals surface area contributed by atoms with Crippen LogP contribution in [0, 0.1) is 16.1 Å². The molecule has 0 saturated carbocycles. The molecule has 0 fully saturated rings. The highest BCUT2D eigenvalue weighted by Crippen LogP contribution is 2.31. The lowest BCUT2D eigenvalue weighted by Gasteiger charge is -2.04. The molecule has 0 amide bonds. The molecule has 1 heterocycles. The standard InChI is InChI=1S/C6H2ClF3N2O4S/c7-17(15,16)3-1-2(12(13)14)6(10)11-4(3)5(8)9/h1,5H. The quantitative estimate of drug-likeness (QED) is 0.367. The van der Waals surface area contributed by atoms with Gasteiger partial charge in [0.25, 0.3) is 21.4 Å². The van der Waals surface area contributed by atoms with Gasteiger partial charge in [0.2, 0.25) is 0 Å². The second-order valence-electron chi connectivity index (χ2n) is 2.68. The molecule has 0 bridgehead atoms. The molecule has 0 atom stereocenters. The van der Waals surface area contributed by atoms with Gasteiger partial charge in [0.1, 0.15) is 10.6 Å². The normalized spacial score (nSPS) is 11.8. The van der Waals surface area contributed by atoms with Gasteiger partial charge in [0.05, 0.1) is 4.92 Å². The molecule has 0 spiro atoms. The maximum absolute atomic E-state index is 12.9. The number of aromatic nitrogens is 1. The molecule has 17 heavy (non-hydrogen) atoms. The van der Waals surface area contributed by atoms with Crippen LogP contribution in [-0.4, -0.2) is 18.3 Å². The van der Waals surface area contributed by atoms with Crippen LogP contribution in [0.1, 0.15) is 12.1 Å². The Balaban J connectivity index is 3.66. The molecular weight excluding hydrogens is 289 g/mol. The topological polar surface area (TPSA) is 90.2 Å². The SMILES string of the molecule is O=[N+]([O-])c1cc(S(=O)(=O)Cl)c(C(F)F)nc1F. The van der Waals surface area contributed by atoms with E-state index in [9.17, 15) is 31.7 Å². The molecule has 0 unspecified atom stereocenters. The van der Waals surface area contributed by atoms with Crippen LogP contribution in [0.25, 0.3) is 0 Å². The molecule has 1 aromatic rings. The van der Waals surface area contributed by atoms with Gasteiger partial charge in [-0.15, -0.1) is 0 Å². The van der Waals surface area contributed by atoms with Gasteiger partial charge in [0.15, 0.2) is 0 Å². The highest BCUT2D eigenvalue weighted by molar-refractivity contribution is 8.13. The number of alkyl halides is 2. The maximum atomic E-state index is 12.9. The lowest BCUT2D eigenvalue weighted by Crippen LogP contribution is -2.06. The Labute approximate surface area is 96.6 Å². The average molecular weight is 291 g/mol. The molecular formula is C6H2ClF3N2O4S. The molecule has 11 heteroatoms. The molecule has 0 aliphatic heterocycles. The third-order valence-corrected chi connectivity index (χ3v) is 2.97. The van der Waals surface area contributed by atoms with Crippen molar-refractivity contribution < 1.29 is 26.5 Å². The summed E-state index contributed by atoms with van der Waals surface area (Å²) in [6.45, 7) is 0. The van der Waals surface area contributed by atoms with E-state index in [-0.39, 0.29) is 6.07 Å². The number of hydrogen-bond acceptors (Lipinski definition) is 5. The van der Waals surface area contributed by atoms with Gasteiger partial charge in [-0.2, -0.15) is 4.39 Å². The van der Waals surface area contributed by atoms with Crippen LogP contribution >= 0.6 is 10.7 Å². The van der Waals surface area contributed by atoms with Gasteiger partial charge in [-0.3, -0.25) is 10.1 Å². The number of pyridine rings is 1. The van der Waals surface area contributed by atoms with Gasteiger partial charge >= 0.3 is 5.69 Å². The fourth-order valence-electron chi connectivity index (χ4n) is 0.955. The summed E-state index contributed by atoms with van der Waals surface area (Å²) in [4.78, 5) is 10.2. The minimum absolute atomic E-state index is 0.103. The van der Waals surface area contributed by atoms with Crippen molar-refractivity contribution in [2.75, 3.05) is 0 Å². The highest BCUT2D eigenvalue weighted by Gasteiger charge is 2.30. The van der Waals surface area contributed by atoms with Crippen molar-refractivity contribution in [3.05, 3.63) is 27.8 Å². The summed E-state index contributed by atoms with van der Waals surface area (Å²) in [6.07, 6.45) is -3.44. The fraction of sp³-hybridized carbons (Fsp3) is 0.167. The third-order valence-electron chi connectivity index (χ3n) is 1.62. The van der Waals surface area contributed by atoms with Crippen molar-refractivity contribution in [2.45, 2.75) is 11.3 Å². The van der Waals surface area contributed by atoms with Crippen molar-refractivity contribution in [1.29, 1.82) is 0 Å². The van der Waals surface area contributed by atoms with Crippen LogP contribution in [0.15, 0.2) is 11.0 Å². The monoisotopic (exact) mass is 290 g/mol. The first-order chi connectivity index (χ1) is 7.64. The van der Waals surface area contributed by atoms with Gasteiger partial charge in [-0.05, 0) is 0 Å². The average Bonchev–Trinajstić information content (AvgIpc) is 2.14. The van der Waals surface area contributed by atoms with Gasteiger partial charge in [-0.25, -0.2) is 22.2 Å². The molecule has 0 aromatic carbocycles. The first-order valence-electron chi connectivity index (χ1n) is 3.72. The number of nitrogens with zero attached hydrogens (tertiary/aromatic N) is 2. The Morgan fingerprint density at radius 1 is 1.47 bits per heavy atom. The molecule has 1 aromatic heterocycles. The minimum atomic E-state index is -4.69.